The zero-order valence-electron chi connectivity index (χ0n) is 10.8. The van der Waals surface area contributed by atoms with Crippen LogP contribution in [0.5, 0.6) is 0 Å². The van der Waals surface area contributed by atoms with Crippen LogP contribution in [0.1, 0.15) is 51.4 Å². The molecule has 0 bridgehead atoms. The Labute approximate surface area is 105 Å². The Balaban J connectivity index is 1.93. The first-order valence-electron chi connectivity index (χ1n) is 6.91. The third-order valence-electron chi connectivity index (χ3n) is 4.76. The number of nitrogens with two attached hydrogens (primary N) is 1. The van der Waals surface area contributed by atoms with Crippen molar-refractivity contribution in [3.8, 4) is 0 Å². The summed E-state index contributed by atoms with van der Waals surface area (Å²) in [5.74, 6) is 1.37. The van der Waals surface area contributed by atoms with Crippen LogP contribution in [0, 0.1) is 11.8 Å². The fourth-order valence-corrected chi connectivity index (χ4v) is 4.81. The normalized spacial score (nSPS) is 40.1. The maximum atomic E-state index is 11.6. The first kappa shape index (κ1) is 13.3. The first-order valence-corrected chi connectivity index (χ1v) is 8.86. The number of hydrogen-bond acceptors (Lipinski definition) is 3. The second-order valence-electron chi connectivity index (χ2n) is 6.05. The zero-order valence-corrected chi connectivity index (χ0v) is 11.6. The molecule has 0 radical (unpaired) electrons. The summed E-state index contributed by atoms with van der Waals surface area (Å²) in [7, 11) is -2.83. The van der Waals surface area contributed by atoms with Gasteiger partial charge in [0.05, 0.1) is 5.25 Å². The van der Waals surface area contributed by atoms with Gasteiger partial charge in [-0.05, 0) is 50.4 Å². The average Bonchev–Trinajstić information content (AvgIpc) is 2.29. The molecule has 0 aromatic carbocycles. The van der Waals surface area contributed by atoms with Gasteiger partial charge in [-0.25, -0.2) is 8.42 Å². The minimum Gasteiger partial charge on any atom is -0.328 e. The van der Waals surface area contributed by atoms with Crippen molar-refractivity contribution >= 4 is 9.84 Å². The molecule has 0 spiro atoms. The Morgan fingerprint density at radius 2 is 1.59 bits per heavy atom. The van der Waals surface area contributed by atoms with Gasteiger partial charge in [-0.1, -0.05) is 12.8 Å². The summed E-state index contributed by atoms with van der Waals surface area (Å²) < 4.78 is 23.3. The largest absolute Gasteiger partial charge is 0.328 e. The summed E-state index contributed by atoms with van der Waals surface area (Å²) in [6, 6.07) is 0.389. The number of sulfone groups is 1. The monoisotopic (exact) mass is 259 g/mol. The van der Waals surface area contributed by atoms with Crippen LogP contribution >= 0.6 is 0 Å². The topological polar surface area (TPSA) is 60.2 Å². The smallest absolute Gasteiger partial charge is 0.150 e. The van der Waals surface area contributed by atoms with Crippen molar-refractivity contribution in [1.82, 2.24) is 0 Å². The molecule has 0 amide bonds. The van der Waals surface area contributed by atoms with Crippen molar-refractivity contribution in [1.29, 1.82) is 0 Å². The predicted molar refractivity (Wildman–Crippen MR) is 70.5 cm³/mol. The quantitative estimate of drug-likeness (QED) is 0.826. The van der Waals surface area contributed by atoms with Crippen LogP contribution < -0.4 is 5.73 Å². The van der Waals surface area contributed by atoms with E-state index in [-0.39, 0.29) is 5.25 Å². The SMILES string of the molecule is CS(=O)(=O)C1CCCC(C2CCC(N)CC2)C1. The van der Waals surface area contributed by atoms with Crippen LogP contribution in [-0.4, -0.2) is 26.0 Å². The van der Waals surface area contributed by atoms with Crippen molar-refractivity contribution in [3.05, 3.63) is 0 Å². The van der Waals surface area contributed by atoms with Gasteiger partial charge >= 0.3 is 0 Å². The molecular formula is C13H25NO2S. The molecule has 2 rings (SSSR count). The van der Waals surface area contributed by atoms with Gasteiger partial charge in [-0.3, -0.25) is 0 Å². The lowest BCUT2D eigenvalue weighted by Crippen LogP contribution is -2.34. The minimum atomic E-state index is -2.83. The highest BCUT2D eigenvalue weighted by Gasteiger charge is 2.34. The summed E-state index contributed by atoms with van der Waals surface area (Å²) in [5.41, 5.74) is 5.93. The molecule has 2 saturated carbocycles. The molecule has 0 saturated heterocycles. The Bertz CT molecular complexity index is 344. The predicted octanol–water partition coefficient (Wildman–Crippen LogP) is 2.11. The van der Waals surface area contributed by atoms with E-state index in [0.29, 0.717) is 12.0 Å². The van der Waals surface area contributed by atoms with Gasteiger partial charge in [0, 0.05) is 12.3 Å². The van der Waals surface area contributed by atoms with Crippen LogP contribution in [0.25, 0.3) is 0 Å². The molecule has 2 atom stereocenters. The van der Waals surface area contributed by atoms with E-state index in [4.69, 9.17) is 5.73 Å². The Kier molecular flexibility index (Phi) is 4.14. The van der Waals surface area contributed by atoms with Crippen molar-refractivity contribution in [2.24, 2.45) is 17.6 Å². The molecule has 2 fully saturated rings. The van der Waals surface area contributed by atoms with Crippen molar-refractivity contribution < 1.29 is 8.42 Å². The molecule has 2 aliphatic carbocycles. The first-order chi connectivity index (χ1) is 7.97. The lowest BCUT2D eigenvalue weighted by Gasteiger charge is -2.37. The second kappa shape index (κ2) is 5.27. The van der Waals surface area contributed by atoms with E-state index in [1.807, 2.05) is 0 Å². The molecule has 17 heavy (non-hydrogen) atoms. The van der Waals surface area contributed by atoms with Gasteiger partial charge in [-0.15, -0.1) is 0 Å². The highest BCUT2D eigenvalue weighted by molar-refractivity contribution is 7.91. The van der Waals surface area contributed by atoms with Crippen LogP contribution in [0.3, 0.4) is 0 Å². The molecule has 3 nitrogen and oxygen atoms in total. The molecule has 2 aliphatic rings. The molecule has 100 valence electrons. The van der Waals surface area contributed by atoms with Gasteiger partial charge in [0.2, 0.25) is 0 Å². The molecule has 0 aromatic rings. The summed E-state index contributed by atoms with van der Waals surface area (Å²) in [5, 5.41) is -0.0724. The average molecular weight is 259 g/mol. The second-order valence-corrected chi connectivity index (χ2v) is 8.38. The number of rotatable bonds is 2. The number of hydrogen-bond donors (Lipinski definition) is 1. The highest BCUT2D eigenvalue weighted by atomic mass is 32.2. The van der Waals surface area contributed by atoms with Gasteiger partial charge in [0.15, 0.2) is 0 Å². The van der Waals surface area contributed by atoms with E-state index in [1.54, 1.807) is 0 Å². The minimum absolute atomic E-state index is 0.0724. The highest BCUT2D eigenvalue weighted by Crippen LogP contribution is 2.39. The Morgan fingerprint density at radius 3 is 2.18 bits per heavy atom. The lowest BCUT2D eigenvalue weighted by molar-refractivity contribution is 0.188. The van der Waals surface area contributed by atoms with Crippen LogP contribution in [0.2, 0.25) is 0 Å². The van der Waals surface area contributed by atoms with Gasteiger partial charge in [-0.2, -0.15) is 0 Å². The van der Waals surface area contributed by atoms with Gasteiger partial charge in [0.25, 0.3) is 0 Å². The maximum Gasteiger partial charge on any atom is 0.150 e. The van der Waals surface area contributed by atoms with Crippen LogP contribution in [0.15, 0.2) is 0 Å². The fourth-order valence-electron chi connectivity index (χ4n) is 3.61. The van der Waals surface area contributed by atoms with Crippen LogP contribution in [-0.2, 0) is 9.84 Å². The molecule has 0 aliphatic heterocycles. The summed E-state index contributed by atoms with van der Waals surface area (Å²) in [6.07, 6.45) is 10.2. The molecule has 0 heterocycles. The molecule has 4 heteroatoms. The van der Waals surface area contributed by atoms with E-state index >= 15 is 0 Å². The maximum absolute atomic E-state index is 11.6. The van der Waals surface area contributed by atoms with E-state index in [1.165, 1.54) is 25.5 Å². The van der Waals surface area contributed by atoms with E-state index in [0.717, 1.165) is 38.0 Å². The fraction of sp³-hybridized carbons (Fsp3) is 1.00. The standard InChI is InChI=1S/C13H25NO2S/c1-17(15,16)13-4-2-3-11(9-13)10-5-7-12(14)8-6-10/h10-13H,2-9,14H2,1H3. The molecule has 0 aromatic heterocycles. The third-order valence-corrected chi connectivity index (χ3v) is 6.39. The van der Waals surface area contributed by atoms with Crippen molar-refractivity contribution in [3.63, 3.8) is 0 Å². The Morgan fingerprint density at radius 1 is 0.941 bits per heavy atom. The summed E-state index contributed by atoms with van der Waals surface area (Å²) in [6.45, 7) is 0. The third kappa shape index (κ3) is 3.44. The van der Waals surface area contributed by atoms with E-state index in [2.05, 4.69) is 0 Å². The lowest BCUT2D eigenvalue weighted by atomic mass is 9.72. The van der Waals surface area contributed by atoms with Gasteiger partial charge < -0.3 is 5.73 Å². The summed E-state index contributed by atoms with van der Waals surface area (Å²) in [4.78, 5) is 0. The summed E-state index contributed by atoms with van der Waals surface area (Å²) >= 11 is 0. The van der Waals surface area contributed by atoms with Gasteiger partial charge in [0.1, 0.15) is 9.84 Å². The van der Waals surface area contributed by atoms with E-state index in [9.17, 15) is 8.42 Å². The zero-order chi connectivity index (χ0) is 12.5. The van der Waals surface area contributed by atoms with Crippen molar-refractivity contribution in [2.45, 2.75) is 62.7 Å². The molecule has 2 N–H and O–H groups in total. The van der Waals surface area contributed by atoms with Crippen molar-refractivity contribution in [2.75, 3.05) is 6.26 Å². The van der Waals surface area contributed by atoms with E-state index < -0.39 is 9.84 Å². The van der Waals surface area contributed by atoms with Crippen LogP contribution in [0.4, 0.5) is 0 Å². The Hall–Kier alpha value is -0.0900. The molecular weight excluding hydrogens is 234 g/mol. The molecule has 2 unspecified atom stereocenters.